The standard InChI is InChI=1S/C13H14N2O2/c14-7-9-6-11(15-8-9)10-2-1-3-12-13(10)17-5-4-16-12/h1-3,9,11,15H,4-6,8H2. The molecule has 2 unspecified atom stereocenters. The molecule has 4 heteroatoms. The summed E-state index contributed by atoms with van der Waals surface area (Å²) >= 11 is 0. The Morgan fingerprint density at radius 1 is 1.29 bits per heavy atom. The summed E-state index contributed by atoms with van der Waals surface area (Å²) in [5, 5.41) is 12.3. The molecule has 0 saturated carbocycles. The van der Waals surface area contributed by atoms with Crippen molar-refractivity contribution in [1.82, 2.24) is 5.32 Å². The maximum absolute atomic E-state index is 8.92. The van der Waals surface area contributed by atoms with Gasteiger partial charge in [0.2, 0.25) is 0 Å². The smallest absolute Gasteiger partial charge is 0.166 e. The van der Waals surface area contributed by atoms with Crippen LogP contribution in [-0.2, 0) is 0 Å². The van der Waals surface area contributed by atoms with Crippen molar-refractivity contribution in [2.45, 2.75) is 12.5 Å². The Balaban J connectivity index is 1.91. The zero-order valence-electron chi connectivity index (χ0n) is 9.48. The van der Waals surface area contributed by atoms with Crippen molar-refractivity contribution in [2.24, 2.45) is 5.92 Å². The average molecular weight is 230 g/mol. The number of benzene rings is 1. The van der Waals surface area contributed by atoms with Crippen molar-refractivity contribution in [3.8, 4) is 17.6 Å². The lowest BCUT2D eigenvalue weighted by molar-refractivity contribution is 0.169. The van der Waals surface area contributed by atoms with E-state index in [-0.39, 0.29) is 12.0 Å². The molecule has 2 atom stereocenters. The normalized spacial score (nSPS) is 26.5. The molecule has 0 spiro atoms. The summed E-state index contributed by atoms with van der Waals surface area (Å²) in [7, 11) is 0. The molecule has 0 amide bonds. The minimum atomic E-state index is 0.0976. The summed E-state index contributed by atoms with van der Waals surface area (Å²) in [5.41, 5.74) is 1.11. The fourth-order valence-electron chi connectivity index (χ4n) is 2.44. The Bertz CT molecular complexity index is 467. The van der Waals surface area contributed by atoms with Crippen molar-refractivity contribution in [2.75, 3.05) is 19.8 Å². The van der Waals surface area contributed by atoms with Crippen LogP contribution in [0.1, 0.15) is 18.0 Å². The van der Waals surface area contributed by atoms with Crippen LogP contribution in [-0.4, -0.2) is 19.8 Å². The van der Waals surface area contributed by atoms with Crippen LogP contribution in [0.25, 0.3) is 0 Å². The molecule has 3 rings (SSSR count). The van der Waals surface area contributed by atoms with Gasteiger partial charge in [0.1, 0.15) is 13.2 Å². The second-order valence-electron chi connectivity index (χ2n) is 4.39. The lowest BCUT2D eigenvalue weighted by atomic mass is 9.99. The minimum absolute atomic E-state index is 0.0976. The highest BCUT2D eigenvalue weighted by Crippen LogP contribution is 2.40. The van der Waals surface area contributed by atoms with Crippen LogP contribution in [0, 0.1) is 17.2 Å². The van der Waals surface area contributed by atoms with E-state index in [0.717, 1.165) is 30.0 Å². The second-order valence-corrected chi connectivity index (χ2v) is 4.39. The Morgan fingerprint density at radius 2 is 2.18 bits per heavy atom. The summed E-state index contributed by atoms with van der Waals surface area (Å²) in [6, 6.07) is 8.46. The summed E-state index contributed by atoms with van der Waals surface area (Å²) in [5.74, 6) is 1.76. The van der Waals surface area contributed by atoms with Crippen LogP contribution in [0.5, 0.6) is 11.5 Å². The molecular weight excluding hydrogens is 216 g/mol. The first-order valence-electron chi connectivity index (χ1n) is 5.90. The summed E-state index contributed by atoms with van der Waals surface area (Å²) < 4.78 is 11.2. The third-order valence-electron chi connectivity index (χ3n) is 3.29. The number of nitrogens with zero attached hydrogens (tertiary/aromatic N) is 1. The third-order valence-corrected chi connectivity index (χ3v) is 3.29. The van der Waals surface area contributed by atoms with Crippen LogP contribution in [0.3, 0.4) is 0 Å². The van der Waals surface area contributed by atoms with Crippen molar-refractivity contribution in [1.29, 1.82) is 5.26 Å². The SMILES string of the molecule is N#CC1CNC(c2cccc3c2OCCO3)C1. The average Bonchev–Trinajstić information content (AvgIpc) is 2.87. The largest absolute Gasteiger partial charge is 0.486 e. The van der Waals surface area contributed by atoms with E-state index in [0.29, 0.717) is 13.2 Å². The first kappa shape index (κ1) is 10.4. The Morgan fingerprint density at radius 3 is 3.00 bits per heavy atom. The van der Waals surface area contributed by atoms with E-state index >= 15 is 0 Å². The van der Waals surface area contributed by atoms with E-state index in [4.69, 9.17) is 14.7 Å². The second kappa shape index (κ2) is 4.27. The number of rotatable bonds is 1. The number of nitriles is 1. The number of hydrogen-bond acceptors (Lipinski definition) is 4. The summed E-state index contributed by atoms with van der Waals surface area (Å²) in [6.45, 7) is 1.96. The quantitative estimate of drug-likeness (QED) is 0.796. The third kappa shape index (κ3) is 1.83. The van der Waals surface area contributed by atoms with Gasteiger partial charge >= 0.3 is 0 Å². The predicted molar refractivity (Wildman–Crippen MR) is 61.9 cm³/mol. The number of ether oxygens (including phenoxy) is 2. The van der Waals surface area contributed by atoms with Gasteiger partial charge in [-0.25, -0.2) is 0 Å². The van der Waals surface area contributed by atoms with E-state index in [2.05, 4.69) is 11.4 Å². The Labute approximate surface area is 100 Å². The molecule has 1 saturated heterocycles. The van der Waals surface area contributed by atoms with Gasteiger partial charge in [0, 0.05) is 18.2 Å². The van der Waals surface area contributed by atoms with Crippen molar-refractivity contribution in [3.05, 3.63) is 23.8 Å². The van der Waals surface area contributed by atoms with E-state index < -0.39 is 0 Å². The highest BCUT2D eigenvalue weighted by atomic mass is 16.6. The lowest BCUT2D eigenvalue weighted by Gasteiger charge is -2.23. The molecule has 17 heavy (non-hydrogen) atoms. The van der Waals surface area contributed by atoms with Crippen molar-refractivity contribution in [3.63, 3.8) is 0 Å². The van der Waals surface area contributed by atoms with E-state index in [1.807, 2.05) is 18.2 Å². The van der Waals surface area contributed by atoms with Gasteiger partial charge < -0.3 is 14.8 Å². The monoisotopic (exact) mass is 230 g/mol. The van der Waals surface area contributed by atoms with Gasteiger partial charge in [0.25, 0.3) is 0 Å². The topological polar surface area (TPSA) is 54.3 Å². The maximum atomic E-state index is 8.92. The molecule has 4 nitrogen and oxygen atoms in total. The fraction of sp³-hybridized carbons (Fsp3) is 0.462. The van der Waals surface area contributed by atoms with Crippen LogP contribution in [0.2, 0.25) is 0 Å². The van der Waals surface area contributed by atoms with Gasteiger partial charge in [-0.05, 0) is 12.5 Å². The fourth-order valence-corrected chi connectivity index (χ4v) is 2.44. The minimum Gasteiger partial charge on any atom is -0.486 e. The molecular formula is C13H14N2O2. The van der Waals surface area contributed by atoms with Crippen LogP contribution in [0.15, 0.2) is 18.2 Å². The molecule has 0 bridgehead atoms. The molecule has 2 aliphatic heterocycles. The lowest BCUT2D eigenvalue weighted by Crippen LogP contribution is -2.20. The molecule has 0 aromatic heterocycles. The molecule has 0 radical (unpaired) electrons. The Kier molecular flexibility index (Phi) is 2.62. The summed E-state index contributed by atoms with van der Waals surface area (Å²) in [6.07, 6.45) is 0.844. The number of fused-ring (bicyclic) bond motifs is 1. The molecule has 1 N–H and O–H groups in total. The van der Waals surface area contributed by atoms with Crippen molar-refractivity contribution < 1.29 is 9.47 Å². The van der Waals surface area contributed by atoms with E-state index in [1.165, 1.54) is 0 Å². The summed E-state index contributed by atoms with van der Waals surface area (Å²) in [4.78, 5) is 0. The van der Waals surface area contributed by atoms with Crippen LogP contribution >= 0.6 is 0 Å². The van der Waals surface area contributed by atoms with Crippen LogP contribution in [0.4, 0.5) is 0 Å². The highest BCUT2D eigenvalue weighted by molar-refractivity contribution is 5.49. The zero-order valence-corrected chi connectivity index (χ0v) is 9.48. The van der Waals surface area contributed by atoms with Gasteiger partial charge in [0.15, 0.2) is 11.5 Å². The molecule has 2 aliphatic rings. The highest BCUT2D eigenvalue weighted by Gasteiger charge is 2.29. The number of hydrogen-bond donors (Lipinski definition) is 1. The van der Waals surface area contributed by atoms with E-state index in [1.54, 1.807) is 0 Å². The maximum Gasteiger partial charge on any atom is 0.166 e. The van der Waals surface area contributed by atoms with Gasteiger partial charge in [-0.15, -0.1) is 0 Å². The molecule has 1 aromatic rings. The first-order valence-corrected chi connectivity index (χ1v) is 5.90. The molecule has 88 valence electrons. The number of para-hydroxylation sites is 1. The Hall–Kier alpha value is -1.73. The first-order chi connectivity index (χ1) is 8.38. The molecule has 1 aromatic carbocycles. The van der Waals surface area contributed by atoms with Crippen LogP contribution < -0.4 is 14.8 Å². The zero-order chi connectivity index (χ0) is 11.7. The van der Waals surface area contributed by atoms with Crippen molar-refractivity contribution >= 4 is 0 Å². The van der Waals surface area contributed by atoms with Gasteiger partial charge in [0.05, 0.1) is 12.0 Å². The molecule has 1 fully saturated rings. The van der Waals surface area contributed by atoms with E-state index in [9.17, 15) is 0 Å². The number of nitrogens with one attached hydrogen (secondary N) is 1. The predicted octanol–water partition coefficient (Wildman–Crippen LogP) is 1.63. The molecule has 0 aliphatic carbocycles. The van der Waals surface area contributed by atoms with Gasteiger partial charge in [-0.1, -0.05) is 12.1 Å². The van der Waals surface area contributed by atoms with Gasteiger partial charge in [-0.3, -0.25) is 0 Å². The molecule has 2 heterocycles. The van der Waals surface area contributed by atoms with Gasteiger partial charge in [-0.2, -0.15) is 5.26 Å².